The van der Waals surface area contributed by atoms with E-state index in [1.54, 1.807) is 0 Å². The maximum absolute atomic E-state index is 5.97. The van der Waals surface area contributed by atoms with Crippen molar-refractivity contribution < 1.29 is 0 Å². The summed E-state index contributed by atoms with van der Waals surface area (Å²) < 4.78 is 1.22. The summed E-state index contributed by atoms with van der Waals surface area (Å²) >= 11 is 5.42. The van der Waals surface area contributed by atoms with Crippen molar-refractivity contribution in [3.8, 4) is 0 Å². The number of piperidine rings is 1. The zero-order valence-electron chi connectivity index (χ0n) is 10.5. The molecule has 0 spiro atoms. The maximum Gasteiger partial charge on any atom is 0.0701 e. The summed E-state index contributed by atoms with van der Waals surface area (Å²) in [6, 6.07) is 5.52. The molecular formula is C13H21BrN2S. The third kappa shape index (κ3) is 2.92. The quantitative estimate of drug-likeness (QED) is 0.922. The van der Waals surface area contributed by atoms with Crippen molar-refractivity contribution in [3.05, 3.63) is 20.8 Å². The Kier molecular flexibility index (Phi) is 4.64. The van der Waals surface area contributed by atoms with Gasteiger partial charge in [0.25, 0.3) is 0 Å². The van der Waals surface area contributed by atoms with Crippen molar-refractivity contribution in [3.63, 3.8) is 0 Å². The molecule has 2 heterocycles. The minimum Gasteiger partial charge on any atom is -0.330 e. The monoisotopic (exact) mass is 316 g/mol. The number of halogens is 1. The lowest BCUT2D eigenvalue weighted by Crippen LogP contribution is -2.44. The van der Waals surface area contributed by atoms with Crippen LogP contribution in [-0.4, -0.2) is 24.0 Å². The first kappa shape index (κ1) is 13.5. The third-order valence-corrected chi connectivity index (χ3v) is 5.34. The molecule has 1 aromatic heterocycles. The van der Waals surface area contributed by atoms with Gasteiger partial charge in [0, 0.05) is 17.0 Å². The highest BCUT2D eigenvalue weighted by Crippen LogP contribution is 2.40. The van der Waals surface area contributed by atoms with Crippen molar-refractivity contribution in [1.29, 1.82) is 0 Å². The van der Waals surface area contributed by atoms with Crippen molar-refractivity contribution in [1.82, 2.24) is 4.90 Å². The highest BCUT2D eigenvalue weighted by atomic mass is 79.9. The number of hydrogen-bond acceptors (Lipinski definition) is 3. The van der Waals surface area contributed by atoms with Gasteiger partial charge in [0.05, 0.1) is 3.79 Å². The van der Waals surface area contributed by atoms with Gasteiger partial charge in [0.1, 0.15) is 0 Å². The van der Waals surface area contributed by atoms with Gasteiger partial charge in [-0.1, -0.05) is 0 Å². The van der Waals surface area contributed by atoms with Gasteiger partial charge in [-0.25, -0.2) is 0 Å². The average Bonchev–Trinajstić information content (AvgIpc) is 2.74. The summed E-state index contributed by atoms with van der Waals surface area (Å²) in [5.41, 5.74) is 5.97. The van der Waals surface area contributed by atoms with Crippen LogP contribution < -0.4 is 5.73 Å². The Labute approximate surface area is 116 Å². The summed E-state index contributed by atoms with van der Waals surface area (Å²) in [4.78, 5) is 4.07. The molecule has 0 bridgehead atoms. The average molecular weight is 317 g/mol. The van der Waals surface area contributed by atoms with E-state index in [2.05, 4.69) is 46.8 Å². The molecule has 96 valence electrons. The molecule has 2 rings (SSSR count). The van der Waals surface area contributed by atoms with Crippen LogP contribution in [0.1, 0.15) is 37.6 Å². The lowest BCUT2D eigenvalue weighted by atomic mass is 9.87. The smallest absolute Gasteiger partial charge is 0.0701 e. The van der Waals surface area contributed by atoms with Gasteiger partial charge in [-0.3, -0.25) is 4.90 Å². The van der Waals surface area contributed by atoms with Crippen LogP contribution in [0.2, 0.25) is 0 Å². The lowest BCUT2D eigenvalue weighted by molar-refractivity contribution is 0.0688. The van der Waals surface area contributed by atoms with E-state index in [0.717, 1.165) is 6.54 Å². The van der Waals surface area contributed by atoms with Crippen molar-refractivity contribution >= 4 is 27.3 Å². The standard InChI is InChI=1S/C13H21BrN2S/c1-9(2)16-7-3-4-10(8-15)13(16)11-5-6-12(14)17-11/h5-6,9-10,13H,3-4,7-8,15H2,1-2H3. The Balaban J connectivity index is 2.28. The molecule has 2 nitrogen and oxygen atoms in total. The van der Waals surface area contributed by atoms with Gasteiger partial charge in [-0.15, -0.1) is 11.3 Å². The second-order valence-corrected chi connectivity index (χ2v) is 7.55. The zero-order valence-corrected chi connectivity index (χ0v) is 12.9. The fourth-order valence-electron chi connectivity index (χ4n) is 2.81. The number of nitrogens with two attached hydrogens (primary N) is 1. The summed E-state index contributed by atoms with van der Waals surface area (Å²) in [6.07, 6.45) is 2.54. The van der Waals surface area contributed by atoms with Crippen LogP contribution in [-0.2, 0) is 0 Å². The second kappa shape index (κ2) is 5.83. The van der Waals surface area contributed by atoms with Gasteiger partial charge in [0.2, 0.25) is 0 Å². The van der Waals surface area contributed by atoms with Crippen molar-refractivity contribution in [2.24, 2.45) is 11.7 Å². The Hall–Kier alpha value is 0.1000. The second-order valence-electron chi connectivity index (χ2n) is 5.06. The molecule has 1 aliphatic heterocycles. The van der Waals surface area contributed by atoms with E-state index in [4.69, 9.17) is 5.73 Å². The third-order valence-electron chi connectivity index (χ3n) is 3.65. The van der Waals surface area contributed by atoms with E-state index in [9.17, 15) is 0 Å². The summed E-state index contributed by atoms with van der Waals surface area (Å²) in [5, 5.41) is 0. The van der Waals surface area contributed by atoms with E-state index in [1.807, 2.05) is 11.3 Å². The first-order chi connectivity index (χ1) is 8.13. The Morgan fingerprint density at radius 2 is 2.29 bits per heavy atom. The van der Waals surface area contributed by atoms with Gasteiger partial charge in [-0.2, -0.15) is 0 Å². The number of nitrogens with zero attached hydrogens (tertiary/aromatic N) is 1. The molecule has 17 heavy (non-hydrogen) atoms. The number of likely N-dealkylation sites (tertiary alicyclic amines) is 1. The van der Waals surface area contributed by atoms with E-state index >= 15 is 0 Å². The predicted molar refractivity (Wildman–Crippen MR) is 78.4 cm³/mol. The zero-order chi connectivity index (χ0) is 12.4. The van der Waals surface area contributed by atoms with Crippen LogP contribution in [0.4, 0.5) is 0 Å². The van der Waals surface area contributed by atoms with E-state index in [-0.39, 0.29) is 0 Å². The first-order valence-electron chi connectivity index (χ1n) is 6.34. The Morgan fingerprint density at radius 3 is 2.82 bits per heavy atom. The molecule has 2 atom stereocenters. The van der Waals surface area contributed by atoms with Crippen molar-refractivity contribution in [2.75, 3.05) is 13.1 Å². The molecule has 2 unspecified atom stereocenters. The summed E-state index contributed by atoms with van der Waals surface area (Å²) in [6.45, 7) is 6.57. The molecule has 2 N–H and O–H groups in total. The fraction of sp³-hybridized carbons (Fsp3) is 0.692. The van der Waals surface area contributed by atoms with Crippen molar-refractivity contribution in [2.45, 2.75) is 38.8 Å². The predicted octanol–water partition coefficient (Wildman–Crippen LogP) is 3.63. The summed E-state index contributed by atoms with van der Waals surface area (Å²) in [7, 11) is 0. The molecule has 0 radical (unpaired) electrons. The minimum absolute atomic E-state index is 0.519. The SMILES string of the molecule is CC(C)N1CCCC(CN)C1c1ccc(Br)s1. The van der Waals surface area contributed by atoms with Gasteiger partial charge >= 0.3 is 0 Å². The molecule has 1 aromatic rings. The van der Waals surface area contributed by atoms with E-state index < -0.39 is 0 Å². The van der Waals surface area contributed by atoms with Crippen LogP contribution in [0, 0.1) is 5.92 Å². The van der Waals surface area contributed by atoms with Crippen LogP contribution >= 0.6 is 27.3 Å². The van der Waals surface area contributed by atoms with Crippen LogP contribution in [0.3, 0.4) is 0 Å². The minimum atomic E-state index is 0.519. The molecule has 0 aromatic carbocycles. The van der Waals surface area contributed by atoms with Gasteiger partial charge < -0.3 is 5.73 Å². The molecule has 1 saturated heterocycles. The van der Waals surface area contributed by atoms with Crippen LogP contribution in [0.5, 0.6) is 0 Å². The number of thiophene rings is 1. The number of hydrogen-bond donors (Lipinski definition) is 1. The normalized spacial score (nSPS) is 26.6. The van der Waals surface area contributed by atoms with E-state index in [0.29, 0.717) is 18.0 Å². The highest BCUT2D eigenvalue weighted by molar-refractivity contribution is 9.11. The molecule has 1 aliphatic rings. The molecule has 0 aliphatic carbocycles. The van der Waals surface area contributed by atoms with Crippen LogP contribution in [0.15, 0.2) is 15.9 Å². The maximum atomic E-state index is 5.97. The first-order valence-corrected chi connectivity index (χ1v) is 7.95. The molecule has 4 heteroatoms. The molecule has 0 saturated carbocycles. The molecule has 0 amide bonds. The van der Waals surface area contributed by atoms with Gasteiger partial charge in [-0.05, 0) is 73.8 Å². The summed E-state index contributed by atoms with van der Waals surface area (Å²) in [5.74, 6) is 0.608. The van der Waals surface area contributed by atoms with E-state index in [1.165, 1.54) is 28.0 Å². The topological polar surface area (TPSA) is 29.3 Å². The highest BCUT2D eigenvalue weighted by Gasteiger charge is 2.33. The lowest BCUT2D eigenvalue weighted by Gasteiger charge is -2.43. The number of rotatable bonds is 3. The molecular weight excluding hydrogens is 296 g/mol. The fourth-order valence-corrected chi connectivity index (χ4v) is 4.45. The van der Waals surface area contributed by atoms with Crippen LogP contribution in [0.25, 0.3) is 0 Å². The largest absolute Gasteiger partial charge is 0.330 e. The Bertz CT molecular complexity index is 364. The van der Waals surface area contributed by atoms with Gasteiger partial charge in [0.15, 0.2) is 0 Å². The molecule has 1 fully saturated rings. The Morgan fingerprint density at radius 1 is 1.53 bits per heavy atom.